The first-order valence-electron chi connectivity index (χ1n) is 20.7. The number of hydrogen-bond donors (Lipinski definition) is 0. The summed E-state index contributed by atoms with van der Waals surface area (Å²) in [6.45, 7) is 3.99. The summed E-state index contributed by atoms with van der Waals surface area (Å²) in [5, 5.41) is 0. The van der Waals surface area contributed by atoms with Crippen molar-refractivity contribution in [3.05, 3.63) is 72.9 Å². The monoisotopic (exact) mass is 778 g/mol. The molecule has 0 saturated heterocycles. The molecule has 0 aromatic rings. The van der Waals surface area contributed by atoms with E-state index in [4.69, 9.17) is 18.5 Å². The lowest BCUT2D eigenvalue weighted by molar-refractivity contribution is -0.870. The molecule has 0 spiro atoms. The van der Waals surface area contributed by atoms with Gasteiger partial charge >= 0.3 is 11.9 Å². The highest BCUT2D eigenvalue weighted by Gasteiger charge is 2.21. The lowest BCUT2D eigenvalue weighted by atomic mass is 10.1. The van der Waals surface area contributed by atoms with E-state index in [0.29, 0.717) is 23.9 Å². The van der Waals surface area contributed by atoms with E-state index in [9.17, 15) is 19.0 Å². The van der Waals surface area contributed by atoms with Crippen LogP contribution in [0.3, 0.4) is 0 Å². The van der Waals surface area contributed by atoms with E-state index in [2.05, 4.69) is 56.4 Å². The zero-order valence-corrected chi connectivity index (χ0v) is 35.5. The van der Waals surface area contributed by atoms with Crippen molar-refractivity contribution in [2.24, 2.45) is 0 Å². The number of nitrogens with zero attached hydrogens (tertiary/aromatic N) is 1. The Morgan fingerprint density at radius 2 is 1.13 bits per heavy atom. The lowest BCUT2D eigenvalue weighted by Crippen LogP contribution is -2.37. The Labute approximate surface area is 329 Å². The lowest BCUT2D eigenvalue weighted by Gasteiger charge is -2.28. The van der Waals surface area contributed by atoms with Crippen molar-refractivity contribution >= 4 is 19.8 Å². The average Bonchev–Trinajstić information content (AvgIpc) is 3.12. The van der Waals surface area contributed by atoms with Crippen LogP contribution in [0, 0.1) is 0 Å². The van der Waals surface area contributed by atoms with Gasteiger partial charge in [0.1, 0.15) is 19.8 Å². The minimum atomic E-state index is -4.64. The number of unbranched alkanes of at least 4 members (excludes halogenated alkanes) is 13. The van der Waals surface area contributed by atoms with Crippen molar-refractivity contribution in [2.75, 3.05) is 47.5 Å². The molecule has 54 heavy (non-hydrogen) atoms. The second-order valence-electron chi connectivity index (χ2n) is 14.7. The van der Waals surface area contributed by atoms with Gasteiger partial charge in [0.25, 0.3) is 7.82 Å². The van der Waals surface area contributed by atoms with Gasteiger partial charge < -0.3 is 27.9 Å². The molecule has 0 saturated carbocycles. The highest BCUT2D eigenvalue weighted by Crippen LogP contribution is 2.38. The van der Waals surface area contributed by atoms with Crippen molar-refractivity contribution in [1.82, 2.24) is 0 Å². The molecule has 0 fully saturated rings. The number of ether oxygens (including phenoxy) is 2. The van der Waals surface area contributed by atoms with Crippen LogP contribution in [-0.2, 0) is 32.7 Å². The third-order valence-electron chi connectivity index (χ3n) is 8.31. The molecule has 0 aliphatic carbocycles. The molecule has 0 radical (unpaired) electrons. The number of phosphoric ester groups is 1. The van der Waals surface area contributed by atoms with Gasteiger partial charge in [0.15, 0.2) is 6.10 Å². The van der Waals surface area contributed by atoms with Crippen LogP contribution in [0.1, 0.15) is 142 Å². The third kappa shape index (κ3) is 39.2. The molecule has 0 aliphatic rings. The number of carbonyl (C=O) groups is 2. The van der Waals surface area contributed by atoms with Crippen molar-refractivity contribution in [2.45, 2.75) is 148 Å². The van der Waals surface area contributed by atoms with Gasteiger partial charge in [0.2, 0.25) is 0 Å². The Morgan fingerprint density at radius 3 is 1.72 bits per heavy atom. The van der Waals surface area contributed by atoms with E-state index in [-0.39, 0.29) is 26.1 Å². The zero-order chi connectivity index (χ0) is 40.0. The Morgan fingerprint density at radius 1 is 0.611 bits per heavy atom. The smallest absolute Gasteiger partial charge is 0.306 e. The maximum atomic E-state index is 12.6. The van der Waals surface area contributed by atoms with Crippen molar-refractivity contribution in [3.8, 4) is 0 Å². The van der Waals surface area contributed by atoms with Gasteiger partial charge in [-0.2, -0.15) is 0 Å². The highest BCUT2D eigenvalue weighted by atomic mass is 31.2. The number of esters is 2. The summed E-state index contributed by atoms with van der Waals surface area (Å²) in [6, 6.07) is 0. The highest BCUT2D eigenvalue weighted by molar-refractivity contribution is 7.45. The normalized spacial score (nSPS) is 14.4. The molecule has 1 unspecified atom stereocenters. The van der Waals surface area contributed by atoms with E-state index >= 15 is 0 Å². The molecular weight excluding hydrogens is 701 g/mol. The molecule has 0 amide bonds. The average molecular weight is 778 g/mol. The number of quaternary nitrogens is 1. The summed E-state index contributed by atoms with van der Waals surface area (Å²) in [6.07, 6.45) is 43.5. The van der Waals surface area contributed by atoms with Crippen LogP contribution in [-0.4, -0.2) is 70.0 Å². The predicted molar refractivity (Wildman–Crippen MR) is 222 cm³/mol. The maximum Gasteiger partial charge on any atom is 0.306 e. The number of likely N-dealkylation sites (N-methyl/N-ethyl adjacent to an activating group) is 1. The Balaban J connectivity index is 4.48. The van der Waals surface area contributed by atoms with Crippen LogP contribution in [0.2, 0.25) is 0 Å². The minimum Gasteiger partial charge on any atom is -0.756 e. The van der Waals surface area contributed by atoms with Gasteiger partial charge in [0.05, 0.1) is 27.7 Å². The molecule has 10 heteroatoms. The van der Waals surface area contributed by atoms with Gasteiger partial charge in [-0.05, 0) is 64.2 Å². The molecule has 310 valence electrons. The van der Waals surface area contributed by atoms with Crippen molar-refractivity contribution < 1.29 is 42.1 Å². The Hall–Kier alpha value is -2.55. The molecule has 2 atom stereocenters. The first kappa shape index (κ1) is 51.5. The van der Waals surface area contributed by atoms with E-state index in [1.165, 1.54) is 25.7 Å². The number of carbonyl (C=O) groups excluding carboxylic acids is 2. The van der Waals surface area contributed by atoms with Gasteiger partial charge in [0, 0.05) is 12.8 Å². The van der Waals surface area contributed by atoms with Gasteiger partial charge in [-0.15, -0.1) is 0 Å². The summed E-state index contributed by atoms with van der Waals surface area (Å²) < 4.78 is 33.8. The second kappa shape index (κ2) is 36.1. The van der Waals surface area contributed by atoms with E-state index < -0.39 is 32.5 Å². The van der Waals surface area contributed by atoms with Gasteiger partial charge in [-0.3, -0.25) is 14.2 Å². The maximum absolute atomic E-state index is 12.6. The minimum absolute atomic E-state index is 0.0423. The SMILES string of the molecule is CC/C=C/C=C/C=C/C=C/CCCCCCCC(=O)O[C@H](COC(=O)CCCCCCC/C=C/C/C=C/CCCCC)COP(=O)([O-])OCC[N+](C)(C)C. The quantitative estimate of drug-likeness (QED) is 0.0154. The molecule has 0 heterocycles. The van der Waals surface area contributed by atoms with Crippen molar-refractivity contribution in [3.63, 3.8) is 0 Å². The fraction of sp³-hybridized carbons (Fsp3) is 0.682. The van der Waals surface area contributed by atoms with Crippen LogP contribution in [0.4, 0.5) is 0 Å². The van der Waals surface area contributed by atoms with Crippen LogP contribution in [0.25, 0.3) is 0 Å². The summed E-state index contributed by atoms with van der Waals surface area (Å²) in [5.41, 5.74) is 0. The topological polar surface area (TPSA) is 111 Å². The predicted octanol–water partition coefficient (Wildman–Crippen LogP) is 10.8. The molecule has 9 nitrogen and oxygen atoms in total. The van der Waals surface area contributed by atoms with Crippen LogP contribution in [0.5, 0.6) is 0 Å². The largest absolute Gasteiger partial charge is 0.756 e. The Kier molecular flexibility index (Phi) is 34.4. The third-order valence-corrected chi connectivity index (χ3v) is 9.27. The fourth-order valence-electron chi connectivity index (χ4n) is 5.05. The fourth-order valence-corrected chi connectivity index (χ4v) is 5.77. The molecule has 0 aromatic carbocycles. The first-order chi connectivity index (χ1) is 26.0. The first-order valence-corrected chi connectivity index (χ1v) is 22.2. The summed E-state index contributed by atoms with van der Waals surface area (Å²) >= 11 is 0. The van der Waals surface area contributed by atoms with E-state index in [1.54, 1.807) is 0 Å². The Bertz CT molecular complexity index is 1150. The number of allylic oxidation sites excluding steroid dienone is 12. The summed E-state index contributed by atoms with van der Waals surface area (Å²) in [5.74, 6) is -0.886. The van der Waals surface area contributed by atoms with Crippen LogP contribution >= 0.6 is 7.82 Å². The summed E-state index contributed by atoms with van der Waals surface area (Å²) in [4.78, 5) is 37.4. The van der Waals surface area contributed by atoms with Crippen LogP contribution in [0.15, 0.2) is 72.9 Å². The molecule has 0 aromatic heterocycles. The number of hydrogen-bond acceptors (Lipinski definition) is 8. The van der Waals surface area contributed by atoms with E-state index in [0.717, 1.165) is 77.0 Å². The molecular formula is C44H76NO8P. The van der Waals surface area contributed by atoms with Gasteiger partial charge in [-0.25, -0.2) is 0 Å². The summed E-state index contributed by atoms with van der Waals surface area (Å²) in [7, 11) is 1.12. The molecule has 0 N–H and O–H groups in total. The van der Waals surface area contributed by atoms with E-state index in [1.807, 2.05) is 51.5 Å². The second-order valence-corrected chi connectivity index (χ2v) is 16.1. The number of phosphoric acid groups is 1. The standard InChI is InChI=1S/C44H76NO8P/c1-6-8-10-12-14-16-18-20-22-24-26-28-30-32-34-36-43(46)50-40-42(41-52-54(48,49)51-39-38-45(3,4)5)53-44(47)37-35-33-31-29-27-25-23-21-19-17-15-13-11-9-7-2/h9,11,13-17,19-23,42H,6-8,10,12,18,24-41H2,1-5H3/b11-9+,15-13+,16-14+,19-17+,22-20+,23-21+/t42-/m1/s1. The molecule has 0 bridgehead atoms. The molecule has 0 rings (SSSR count). The zero-order valence-electron chi connectivity index (χ0n) is 34.6. The molecule has 0 aliphatic heterocycles. The van der Waals surface area contributed by atoms with Crippen LogP contribution < -0.4 is 4.89 Å². The van der Waals surface area contributed by atoms with Crippen molar-refractivity contribution in [1.29, 1.82) is 0 Å². The van der Waals surface area contributed by atoms with Gasteiger partial charge in [-0.1, -0.05) is 138 Å². The number of rotatable bonds is 36.